The molecule has 44 heavy (non-hydrogen) atoms. The van der Waals surface area contributed by atoms with E-state index in [0.717, 1.165) is 47.7 Å². The van der Waals surface area contributed by atoms with Crippen LogP contribution < -0.4 is 5.32 Å². The Kier molecular flexibility index (Phi) is 11.4. The molecule has 2 unspecified atom stereocenters. The predicted molar refractivity (Wildman–Crippen MR) is 181 cm³/mol. The molecule has 2 aliphatic carbocycles. The zero-order valence-electron chi connectivity index (χ0n) is 28.9. The second-order valence-corrected chi connectivity index (χ2v) is 15.1. The van der Waals surface area contributed by atoms with Gasteiger partial charge in [0.05, 0.1) is 36.6 Å². The van der Waals surface area contributed by atoms with Gasteiger partial charge in [0.1, 0.15) is 0 Å². The molecule has 4 atom stereocenters. The summed E-state index contributed by atoms with van der Waals surface area (Å²) < 4.78 is 18.8. The van der Waals surface area contributed by atoms with Crippen LogP contribution in [0.2, 0.25) is 0 Å². The van der Waals surface area contributed by atoms with Crippen molar-refractivity contribution >= 4 is 11.5 Å². The van der Waals surface area contributed by atoms with Crippen LogP contribution in [-0.2, 0) is 26.2 Å². The Balaban J connectivity index is 1.46. The molecule has 0 spiro atoms. The smallest absolute Gasteiger partial charge is 0.180 e. The third-order valence-electron chi connectivity index (χ3n) is 9.86. The predicted octanol–water partition coefficient (Wildman–Crippen LogP) is 7.89. The lowest BCUT2D eigenvalue weighted by Crippen LogP contribution is -2.54. The minimum Gasteiger partial charge on any atom is -0.382 e. The Labute approximate surface area is 267 Å². The molecule has 0 aliphatic heterocycles. The Morgan fingerprint density at radius 1 is 1.05 bits per heavy atom. The molecule has 0 amide bonds. The van der Waals surface area contributed by atoms with Crippen LogP contribution in [0, 0.1) is 11.8 Å². The summed E-state index contributed by atoms with van der Waals surface area (Å²) in [7, 11) is 2.14. The number of nitrogens with zero attached hydrogens (tertiary/aromatic N) is 1. The van der Waals surface area contributed by atoms with Gasteiger partial charge in [-0.2, -0.15) is 0 Å². The lowest BCUT2D eigenvalue weighted by molar-refractivity contribution is -0.100. The minimum atomic E-state index is -0.339. The number of Topliss-reactive ketones (excluding diaryl/α,β-unsaturated/α-hetero) is 1. The van der Waals surface area contributed by atoms with Gasteiger partial charge in [0.25, 0.3) is 0 Å². The number of likely N-dealkylation sites (N-methyl/N-ethyl adjacent to an activating group) is 1. The van der Waals surface area contributed by atoms with E-state index in [-0.39, 0.29) is 40.5 Å². The maximum absolute atomic E-state index is 13.9. The van der Waals surface area contributed by atoms with Crippen LogP contribution in [0.5, 0.6) is 0 Å². The first kappa shape index (κ1) is 34.6. The molecular weight excluding hydrogens is 548 g/mol. The zero-order chi connectivity index (χ0) is 32.1. The van der Waals surface area contributed by atoms with Crippen LogP contribution in [0.15, 0.2) is 48.5 Å². The Bertz CT molecular complexity index is 1220. The topological polar surface area (TPSA) is 60.0 Å². The summed E-state index contributed by atoms with van der Waals surface area (Å²) in [5.74, 6) is 1.25. The summed E-state index contributed by atoms with van der Waals surface area (Å²) >= 11 is 0. The van der Waals surface area contributed by atoms with Crippen molar-refractivity contribution in [2.75, 3.05) is 38.7 Å². The van der Waals surface area contributed by atoms with E-state index in [1.807, 2.05) is 24.3 Å². The maximum atomic E-state index is 13.9. The fourth-order valence-corrected chi connectivity index (χ4v) is 6.42. The summed E-state index contributed by atoms with van der Waals surface area (Å²) in [6.45, 7) is 20.6. The van der Waals surface area contributed by atoms with E-state index in [4.69, 9.17) is 14.2 Å². The Morgan fingerprint density at radius 2 is 1.75 bits per heavy atom. The number of carbonyl (C=O) groups excluding carboxylic acids is 1. The van der Waals surface area contributed by atoms with E-state index < -0.39 is 0 Å². The maximum Gasteiger partial charge on any atom is 0.180 e. The van der Waals surface area contributed by atoms with Crippen LogP contribution in [0.25, 0.3) is 0 Å². The normalized spacial score (nSPS) is 23.1. The molecule has 4 rings (SSSR count). The summed E-state index contributed by atoms with van der Waals surface area (Å²) in [6.07, 6.45) is 4.21. The number of benzene rings is 2. The number of carbonyl (C=O) groups is 1. The molecule has 0 heterocycles. The molecule has 2 aliphatic rings. The van der Waals surface area contributed by atoms with Crippen LogP contribution in [0.3, 0.4) is 0 Å². The van der Waals surface area contributed by atoms with Crippen molar-refractivity contribution < 1.29 is 19.0 Å². The minimum absolute atomic E-state index is 0.0723. The van der Waals surface area contributed by atoms with Crippen molar-refractivity contribution in [2.24, 2.45) is 11.8 Å². The summed E-state index contributed by atoms with van der Waals surface area (Å²) in [5.41, 5.74) is 3.60. The first-order valence-corrected chi connectivity index (χ1v) is 16.8. The van der Waals surface area contributed by atoms with Gasteiger partial charge in [-0.25, -0.2) is 0 Å². The number of anilines is 1. The van der Waals surface area contributed by atoms with E-state index in [1.165, 1.54) is 12.8 Å². The van der Waals surface area contributed by atoms with Crippen LogP contribution in [-0.4, -0.2) is 67.4 Å². The zero-order valence-corrected chi connectivity index (χ0v) is 28.9. The number of ketones is 1. The van der Waals surface area contributed by atoms with E-state index in [0.29, 0.717) is 26.4 Å². The van der Waals surface area contributed by atoms with Crippen LogP contribution in [0.1, 0.15) is 103 Å². The quantitative estimate of drug-likeness (QED) is 0.210. The highest BCUT2D eigenvalue weighted by molar-refractivity contribution is 6.03. The lowest BCUT2D eigenvalue weighted by atomic mass is 9.61. The molecule has 1 fully saturated rings. The number of fused-ring (bicyclic) bond motifs is 1. The van der Waals surface area contributed by atoms with E-state index in [2.05, 4.69) is 96.9 Å². The number of ether oxygens (including phenoxy) is 3. The fourth-order valence-electron chi connectivity index (χ4n) is 6.42. The molecule has 0 radical (unpaired) electrons. The second-order valence-electron chi connectivity index (χ2n) is 15.1. The van der Waals surface area contributed by atoms with Gasteiger partial charge in [0.2, 0.25) is 0 Å². The standard InChI is InChI=1S/C38H58N2O4/c1-10-38(8)27(2)34(40(9)24-28-16-17-28)35(41)32-19-18-30(22-33(32)38)39-23-31(42-25-29-14-12-11-13-15-29)26-44-37(6,7)20-21-43-36(3,4)5/h11-15,18-19,22,27-28,31,34,39H,10,16-17,20-21,23-26H2,1-9H3/t27-,31?,34?,38+/m0/s1. The van der Waals surface area contributed by atoms with Gasteiger partial charge in [-0.1, -0.05) is 51.1 Å². The van der Waals surface area contributed by atoms with Gasteiger partial charge >= 0.3 is 0 Å². The van der Waals surface area contributed by atoms with Crippen LogP contribution >= 0.6 is 0 Å². The molecular formula is C38H58N2O4. The van der Waals surface area contributed by atoms with E-state index in [1.54, 1.807) is 0 Å². The lowest BCUT2D eigenvalue weighted by Gasteiger charge is -2.47. The molecule has 6 heteroatoms. The molecule has 2 aromatic carbocycles. The van der Waals surface area contributed by atoms with Crippen molar-refractivity contribution in [3.8, 4) is 0 Å². The SMILES string of the molecule is CC[C@@]1(C)c2cc(NCC(COC(C)(C)CCOC(C)(C)C)OCc3ccccc3)ccc2C(=O)C(N(C)CC2CC2)[C@@H]1C. The fraction of sp³-hybridized carbons (Fsp3) is 0.658. The number of nitrogens with one attached hydrogen (secondary N) is 1. The third kappa shape index (κ3) is 9.15. The van der Waals surface area contributed by atoms with Gasteiger partial charge in [0.15, 0.2) is 5.78 Å². The number of hydrogen-bond acceptors (Lipinski definition) is 6. The largest absolute Gasteiger partial charge is 0.382 e. The van der Waals surface area contributed by atoms with Crippen molar-refractivity contribution in [1.82, 2.24) is 4.90 Å². The van der Waals surface area contributed by atoms with E-state index >= 15 is 0 Å². The van der Waals surface area contributed by atoms with Crippen LogP contribution in [0.4, 0.5) is 5.69 Å². The first-order valence-electron chi connectivity index (χ1n) is 16.8. The van der Waals surface area contributed by atoms with Crippen molar-refractivity contribution in [2.45, 2.75) is 116 Å². The van der Waals surface area contributed by atoms with Crippen molar-refractivity contribution in [3.05, 3.63) is 65.2 Å². The summed E-state index contributed by atoms with van der Waals surface area (Å²) in [5, 5.41) is 3.64. The molecule has 2 aromatic rings. The summed E-state index contributed by atoms with van der Waals surface area (Å²) in [6, 6.07) is 16.5. The second kappa shape index (κ2) is 14.5. The van der Waals surface area contributed by atoms with Gasteiger partial charge in [0, 0.05) is 30.9 Å². The highest BCUT2D eigenvalue weighted by Crippen LogP contribution is 2.46. The highest BCUT2D eigenvalue weighted by Gasteiger charge is 2.48. The van der Waals surface area contributed by atoms with Crippen molar-refractivity contribution in [3.63, 3.8) is 0 Å². The molecule has 0 aromatic heterocycles. The molecule has 0 bridgehead atoms. The van der Waals surface area contributed by atoms with Gasteiger partial charge in [-0.3, -0.25) is 9.69 Å². The summed E-state index contributed by atoms with van der Waals surface area (Å²) in [4.78, 5) is 16.2. The molecule has 244 valence electrons. The molecule has 6 nitrogen and oxygen atoms in total. The highest BCUT2D eigenvalue weighted by atomic mass is 16.5. The molecule has 1 saturated carbocycles. The average molecular weight is 607 g/mol. The van der Waals surface area contributed by atoms with Gasteiger partial charge < -0.3 is 19.5 Å². The Hall–Kier alpha value is -2.25. The monoisotopic (exact) mass is 606 g/mol. The number of hydrogen-bond donors (Lipinski definition) is 1. The van der Waals surface area contributed by atoms with Gasteiger partial charge in [-0.05, 0) is 114 Å². The third-order valence-corrected chi connectivity index (χ3v) is 9.86. The number of rotatable bonds is 16. The van der Waals surface area contributed by atoms with E-state index in [9.17, 15) is 4.79 Å². The first-order chi connectivity index (χ1) is 20.7. The molecule has 0 saturated heterocycles. The average Bonchev–Trinajstić information content (AvgIpc) is 3.79. The van der Waals surface area contributed by atoms with Gasteiger partial charge in [-0.15, -0.1) is 0 Å². The molecule has 1 N–H and O–H groups in total. The Morgan fingerprint density at radius 3 is 2.39 bits per heavy atom. The van der Waals surface area contributed by atoms with Crippen molar-refractivity contribution in [1.29, 1.82) is 0 Å².